The van der Waals surface area contributed by atoms with E-state index >= 15 is 0 Å². The molecule has 0 bridgehead atoms. The standard InChI is InChI=1S/C20H33N3O5S2/c1-13(2)11-16(18(24)22-21)17(19(25)23-26)20(12-14(3)4,30(5,27)28)29-15-9-7-6-8-10-15/h6-10,13-14,16-17,26H,11-12,21H2,1-5H3,(H,22,24)(H,23,25)/t16-,17+,20?/m1/s1. The van der Waals surface area contributed by atoms with Crippen LogP contribution in [0.1, 0.15) is 40.5 Å². The van der Waals surface area contributed by atoms with Crippen molar-refractivity contribution >= 4 is 33.4 Å². The Bertz CT molecular complexity index is 815. The Morgan fingerprint density at radius 1 is 1.10 bits per heavy atom. The Balaban J connectivity index is 3.85. The summed E-state index contributed by atoms with van der Waals surface area (Å²) in [7, 11) is -3.93. The second-order valence-corrected chi connectivity index (χ2v) is 12.2. The van der Waals surface area contributed by atoms with Crippen LogP contribution in [0.25, 0.3) is 0 Å². The molecule has 2 amide bonds. The second kappa shape index (κ2) is 11.1. The zero-order chi connectivity index (χ0) is 23.1. The number of nitrogens with one attached hydrogen (secondary N) is 2. The van der Waals surface area contributed by atoms with Gasteiger partial charge in [-0.25, -0.2) is 19.7 Å². The Hall–Kier alpha value is -1.62. The molecule has 30 heavy (non-hydrogen) atoms. The summed E-state index contributed by atoms with van der Waals surface area (Å²) in [5, 5.41) is 9.51. The van der Waals surface area contributed by atoms with Crippen LogP contribution in [-0.2, 0) is 19.4 Å². The first kappa shape index (κ1) is 26.4. The molecule has 0 aromatic heterocycles. The van der Waals surface area contributed by atoms with E-state index < -0.39 is 37.6 Å². The monoisotopic (exact) mass is 459 g/mol. The van der Waals surface area contributed by atoms with Gasteiger partial charge in [-0.2, -0.15) is 0 Å². The molecule has 170 valence electrons. The molecular weight excluding hydrogens is 426 g/mol. The van der Waals surface area contributed by atoms with E-state index in [0.717, 1.165) is 18.0 Å². The van der Waals surface area contributed by atoms with E-state index in [2.05, 4.69) is 5.43 Å². The number of hydrogen-bond acceptors (Lipinski definition) is 7. The number of hydroxylamine groups is 1. The van der Waals surface area contributed by atoms with Gasteiger partial charge >= 0.3 is 0 Å². The van der Waals surface area contributed by atoms with Crippen LogP contribution in [0.4, 0.5) is 0 Å². The number of rotatable bonds is 11. The van der Waals surface area contributed by atoms with E-state index in [1.807, 2.05) is 27.7 Å². The van der Waals surface area contributed by atoms with E-state index in [9.17, 15) is 23.2 Å². The zero-order valence-corrected chi connectivity index (χ0v) is 19.7. The second-order valence-electron chi connectivity index (χ2n) is 8.30. The molecule has 0 saturated carbocycles. The predicted molar refractivity (Wildman–Crippen MR) is 118 cm³/mol. The van der Waals surface area contributed by atoms with Crippen molar-refractivity contribution in [1.82, 2.24) is 10.9 Å². The number of sulfone groups is 1. The molecule has 1 aromatic carbocycles. The number of carbonyl (C=O) groups is 2. The molecule has 0 heterocycles. The van der Waals surface area contributed by atoms with Gasteiger partial charge in [0.1, 0.15) is 4.08 Å². The summed E-state index contributed by atoms with van der Waals surface area (Å²) in [6, 6.07) is 8.84. The zero-order valence-electron chi connectivity index (χ0n) is 18.1. The molecule has 0 radical (unpaired) electrons. The van der Waals surface area contributed by atoms with Crippen molar-refractivity contribution in [2.75, 3.05) is 6.26 Å². The molecule has 0 aliphatic rings. The number of thioether (sulfide) groups is 1. The molecule has 3 atom stereocenters. The van der Waals surface area contributed by atoms with Crippen LogP contribution in [0.3, 0.4) is 0 Å². The normalized spacial score (nSPS) is 16.0. The number of nitrogens with two attached hydrogens (primary N) is 1. The number of hydrogen-bond donors (Lipinski definition) is 4. The van der Waals surface area contributed by atoms with Crippen molar-refractivity contribution in [3.63, 3.8) is 0 Å². The number of benzene rings is 1. The smallest absolute Gasteiger partial charge is 0.249 e. The van der Waals surface area contributed by atoms with Crippen LogP contribution in [0.15, 0.2) is 35.2 Å². The molecule has 0 fully saturated rings. The lowest BCUT2D eigenvalue weighted by molar-refractivity contribution is -0.141. The summed E-state index contributed by atoms with van der Waals surface area (Å²) in [5.41, 5.74) is 3.66. The van der Waals surface area contributed by atoms with Crippen LogP contribution in [0.2, 0.25) is 0 Å². The maximum Gasteiger partial charge on any atom is 0.249 e. The summed E-state index contributed by atoms with van der Waals surface area (Å²) in [6.45, 7) is 7.42. The summed E-state index contributed by atoms with van der Waals surface area (Å²) in [6.07, 6.45) is 1.37. The van der Waals surface area contributed by atoms with Crippen LogP contribution in [-0.4, -0.2) is 35.8 Å². The molecule has 1 unspecified atom stereocenters. The molecule has 0 saturated heterocycles. The largest absolute Gasteiger partial charge is 0.294 e. The lowest BCUT2D eigenvalue weighted by Crippen LogP contribution is -2.56. The maximum absolute atomic E-state index is 13.3. The third-order valence-corrected chi connectivity index (χ3v) is 8.94. The highest BCUT2D eigenvalue weighted by molar-refractivity contribution is 8.14. The summed E-state index contributed by atoms with van der Waals surface area (Å²) in [4.78, 5) is 26.3. The summed E-state index contributed by atoms with van der Waals surface area (Å²) >= 11 is 1.03. The topological polar surface area (TPSA) is 139 Å². The van der Waals surface area contributed by atoms with Crippen LogP contribution in [0, 0.1) is 23.7 Å². The van der Waals surface area contributed by atoms with Crippen molar-refractivity contribution in [3.8, 4) is 0 Å². The molecule has 8 nitrogen and oxygen atoms in total. The molecule has 1 rings (SSSR count). The fourth-order valence-corrected chi connectivity index (χ4v) is 7.48. The van der Waals surface area contributed by atoms with Gasteiger partial charge in [0.05, 0.1) is 11.8 Å². The molecule has 0 aliphatic heterocycles. The molecular formula is C20H33N3O5S2. The van der Waals surface area contributed by atoms with E-state index in [1.54, 1.807) is 35.8 Å². The lowest BCUT2D eigenvalue weighted by atomic mass is 9.79. The minimum Gasteiger partial charge on any atom is -0.294 e. The third-order valence-electron chi connectivity index (χ3n) is 4.83. The van der Waals surface area contributed by atoms with E-state index in [-0.39, 0.29) is 24.7 Å². The Labute approximate surface area is 183 Å². The predicted octanol–water partition coefficient (Wildman–Crippen LogP) is 2.34. The summed E-state index contributed by atoms with van der Waals surface area (Å²) < 4.78 is 24.9. The van der Waals surface area contributed by atoms with E-state index in [1.165, 1.54) is 0 Å². The van der Waals surface area contributed by atoms with Gasteiger partial charge < -0.3 is 0 Å². The van der Waals surface area contributed by atoms with Crippen molar-refractivity contribution < 1.29 is 23.2 Å². The van der Waals surface area contributed by atoms with Gasteiger partial charge in [-0.1, -0.05) is 45.9 Å². The highest BCUT2D eigenvalue weighted by Crippen LogP contribution is 2.50. The van der Waals surface area contributed by atoms with Crippen LogP contribution in [0.5, 0.6) is 0 Å². The third kappa shape index (κ3) is 6.44. The van der Waals surface area contributed by atoms with Crippen molar-refractivity contribution in [2.45, 2.75) is 49.5 Å². The van der Waals surface area contributed by atoms with Gasteiger partial charge in [-0.05, 0) is 36.8 Å². The van der Waals surface area contributed by atoms with Crippen molar-refractivity contribution in [3.05, 3.63) is 30.3 Å². The number of hydrazine groups is 1. The first-order valence-electron chi connectivity index (χ1n) is 9.77. The number of carbonyl (C=O) groups excluding carboxylic acids is 2. The molecule has 5 N–H and O–H groups in total. The Morgan fingerprint density at radius 2 is 1.67 bits per heavy atom. The van der Waals surface area contributed by atoms with Gasteiger partial charge in [0.15, 0.2) is 9.84 Å². The number of amides is 2. The van der Waals surface area contributed by atoms with E-state index in [4.69, 9.17) is 5.84 Å². The maximum atomic E-state index is 13.3. The van der Waals surface area contributed by atoms with Crippen LogP contribution >= 0.6 is 11.8 Å². The fourth-order valence-electron chi connectivity index (χ4n) is 3.71. The SMILES string of the molecule is CC(C)C[C@@H](C(=O)NN)[C@@H](C(=O)NO)C(CC(C)C)(Sc1ccccc1)S(C)(=O)=O. The Kier molecular flexibility index (Phi) is 9.80. The molecule has 1 aromatic rings. The quantitative estimate of drug-likeness (QED) is 0.131. The minimum atomic E-state index is -3.93. The molecule has 10 heteroatoms. The summed E-state index contributed by atoms with van der Waals surface area (Å²) in [5.74, 6) is 1.21. The fraction of sp³-hybridized carbons (Fsp3) is 0.600. The average molecular weight is 460 g/mol. The first-order valence-corrected chi connectivity index (χ1v) is 12.5. The molecule has 0 aliphatic carbocycles. The Morgan fingerprint density at radius 3 is 2.07 bits per heavy atom. The van der Waals surface area contributed by atoms with Crippen molar-refractivity contribution in [2.24, 2.45) is 29.5 Å². The van der Waals surface area contributed by atoms with Gasteiger partial charge in [-0.15, -0.1) is 11.8 Å². The highest BCUT2D eigenvalue weighted by Gasteiger charge is 2.56. The first-order chi connectivity index (χ1) is 13.9. The average Bonchev–Trinajstić information content (AvgIpc) is 2.65. The van der Waals surface area contributed by atoms with Crippen molar-refractivity contribution in [1.29, 1.82) is 0 Å². The van der Waals surface area contributed by atoms with Gasteiger partial charge in [0.25, 0.3) is 0 Å². The van der Waals surface area contributed by atoms with Gasteiger partial charge in [0.2, 0.25) is 11.8 Å². The van der Waals surface area contributed by atoms with Gasteiger partial charge in [0, 0.05) is 11.2 Å². The van der Waals surface area contributed by atoms with Crippen LogP contribution < -0.4 is 16.7 Å². The highest BCUT2D eigenvalue weighted by atomic mass is 32.3. The van der Waals surface area contributed by atoms with E-state index in [0.29, 0.717) is 4.90 Å². The minimum absolute atomic E-state index is 0.0284. The van der Waals surface area contributed by atoms with Gasteiger partial charge in [-0.3, -0.25) is 20.2 Å². The molecule has 0 spiro atoms. The lowest BCUT2D eigenvalue weighted by Gasteiger charge is -2.42.